The molecule has 9 heteroatoms. The van der Waals surface area contributed by atoms with Gasteiger partial charge in [0.15, 0.2) is 6.61 Å². The highest BCUT2D eigenvalue weighted by Crippen LogP contribution is 2.26. The Morgan fingerprint density at radius 3 is 2.67 bits per heavy atom. The number of carbonyl (C=O) groups is 1. The van der Waals surface area contributed by atoms with Crippen molar-refractivity contribution in [2.24, 2.45) is 0 Å². The zero-order valence-corrected chi connectivity index (χ0v) is 15.9. The molecule has 0 aliphatic carbocycles. The molecule has 0 unspecified atom stereocenters. The molecule has 1 saturated heterocycles. The number of hydrogen-bond acceptors (Lipinski definition) is 4. The standard InChI is InChI=1S/C18H18ClFN2O4S/c19-16-7-6-13(20)10-17(16)27(24,25)21-14-4-3-5-15(11-14)26-12-18(23)22-8-1-2-9-22/h3-7,10-11,21H,1-2,8-9,12H2. The van der Waals surface area contributed by atoms with Gasteiger partial charge in [-0.05, 0) is 43.2 Å². The zero-order valence-electron chi connectivity index (χ0n) is 14.3. The number of sulfonamides is 1. The summed E-state index contributed by atoms with van der Waals surface area (Å²) in [7, 11) is -4.08. The Balaban J connectivity index is 1.69. The molecule has 6 nitrogen and oxygen atoms in total. The van der Waals surface area contributed by atoms with Crippen LogP contribution in [0.3, 0.4) is 0 Å². The number of hydrogen-bond donors (Lipinski definition) is 1. The van der Waals surface area contributed by atoms with E-state index in [9.17, 15) is 17.6 Å². The maximum Gasteiger partial charge on any atom is 0.263 e. The molecule has 2 aromatic carbocycles. The van der Waals surface area contributed by atoms with Crippen LogP contribution in [-0.4, -0.2) is 38.9 Å². The Hall–Kier alpha value is -2.32. The van der Waals surface area contributed by atoms with E-state index in [1.165, 1.54) is 18.2 Å². The molecule has 2 aromatic rings. The molecule has 0 radical (unpaired) electrons. The topological polar surface area (TPSA) is 75.7 Å². The summed E-state index contributed by atoms with van der Waals surface area (Å²) in [6, 6.07) is 9.26. The van der Waals surface area contributed by atoms with Crippen LogP contribution in [0.15, 0.2) is 47.4 Å². The van der Waals surface area contributed by atoms with Gasteiger partial charge in [-0.3, -0.25) is 9.52 Å². The second-order valence-electron chi connectivity index (χ2n) is 6.08. The number of benzene rings is 2. The van der Waals surface area contributed by atoms with Gasteiger partial charge in [-0.2, -0.15) is 0 Å². The van der Waals surface area contributed by atoms with Crippen molar-refractivity contribution in [3.8, 4) is 5.75 Å². The van der Waals surface area contributed by atoms with Crippen molar-refractivity contribution in [1.29, 1.82) is 0 Å². The maximum absolute atomic E-state index is 13.4. The molecule has 0 spiro atoms. The van der Waals surface area contributed by atoms with Crippen molar-refractivity contribution in [3.05, 3.63) is 53.3 Å². The molecule has 1 aliphatic rings. The molecule has 0 bridgehead atoms. The number of halogens is 2. The van der Waals surface area contributed by atoms with Crippen molar-refractivity contribution in [3.63, 3.8) is 0 Å². The Bertz CT molecular complexity index is 946. The van der Waals surface area contributed by atoms with Crippen LogP contribution < -0.4 is 9.46 Å². The largest absolute Gasteiger partial charge is 0.484 e. The molecule has 144 valence electrons. The molecule has 3 rings (SSSR count). The summed E-state index contributed by atoms with van der Waals surface area (Å²) < 4.78 is 46.1. The average molecular weight is 413 g/mol. The minimum atomic E-state index is -4.08. The predicted molar refractivity (Wildman–Crippen MR) is 100.0 cm³/mol. The Morgan fingerprint density at radius 2 is 1.93 bits per heavy atom. The van der Waals surface area contributed by atoms with Gasteiger partial charge < -0.3 is 9.64 Å². The molecule has 1 fully saturated rings. The van der Waals surface area contributed by atoms with Gasteiger partial charge in [0.1, 0.15) is 16.5 Å². The van der Waals surface area contributed by atoms with E-state index in [0.717, 1.165) is 38.1 Å². The van der Waals surface area contributed by atoms with Crippen LogP contribution in [0.1, 0.15) is 12.8 Å². The normalized spacial score (nSPS) is 14.2. The second-order valence-corrected chi connectivity index (χ2v) is 8.14. The van der Waals surface area contributed by atoms with Crippen LogP contribution in [0.4, 0.5) is 10.1 Å². The van der Waals surface area contributed by atoms with Crippen molar-refractivity contribution < 1.29 is 22.3 Å². The van der Waals surface area contributed by atoms with Crippen LogP contribution in [0.25, 0.3) is 0 Å². The van der Waals surface area contributed by atoms with Crippen molar-refractivity contribution in [2.75, 3.05) is 24.4 Å². The van der Waals surface area contributed by atoms with Crippen molar-refractivity contribution in [1.82, 2.24) is 4.90 Å². The highest BCUT2D eigenvalue weighted by Gasteiger charge is 2.20. The number of nitrogens with one attached hydrogen (secondary N) is 1. The predicted octanol–water partition coefficient (Wildman–Crippen LogP) is 3.28. The van der Waals surface area contributed by atoms with Gasteiger partial charge in [0.25, 0.3) is 15.9 Å². The summed E-state index contributed by atoms with van der Waals surface area (Å²) in [6.45, 7) is 1.35. The summed E-state index contributed by atoms with van der Waals surface area (Å²) >= 11 is 5.87. The van der Waals surface area contributed by atoms with Crippen molar-refractivity contribution in [2.45, 2.75) is 17.7 Å². The summed E-state index contributed by atoms with van der Waals surface area (Å²) in [5.74, 6) is -0.476. The first kappa shape index (κ1) is 19.4. The first-order valence-corrected chi connectivity index (χ1v) is 10.2. The molecule has 0 saturated carbocycles. The van der Waals surface area contributed by atoms with Gasteiger partial charge in [-0.25, -0.2) is 12.8 Å². The summed E-state index contributed by atoms with van der Waals surface area (Å²) in [4.78, 5) is 13.4. The Morgan fingerprint density at radius 1 is 1.19 bits per heavy atom. The summed E-state index contributed by atoms with van der Waals surface area (Å²) in [6.07, 6.45) is 1.98. The molecule has 1 aliphatic heterocycles. The number of amides is 1. The fraction of sp³-hybridized carbons (Fsp3) is 0.278. The van der Waals surface area contributed by atoms with Gasteiger partial charge in [-0.1, -0.05) is 17.7 Å². The number of rotatable bonds is 6. The number of nitrogens with zero attached hydrogens (tertiary/aromatic N) is 1. The summed E-state index contributed by atoms with van der Waals surface area (Å²) in [5.41, 5.74) is 0.210. The van der Waals surface area contributed by atoms with Crippen LogP contribution in [0.2, 0.25) is 5.02 Å². The minimum absolute atomic E-state index is 0.0903. The SMILES string of the molecule is O=C(COc1cccc(NS(=O)(=O)c2cc(F)ccc2Cl)c1)N1CCCC1. The smallest absolute Gasteiger partial charge is 0.263 e. The minimum Gasteiger partial charge on any atom is -0.484 e. The van der Waals surface area contributed by atoms with E-state index >= 15 is 0 Å². The van der Waals surface area contributed by atoms with E-state index in [0.29, 0.717) is 5.75 Å². The van der Waals surface area contributed by atoms with E-state index in [1.54, 1.807) is 17.0 Å². The maximum atomic E-state index is 13.4. The van der Waals surface area contributed by atoms with Crippen LogP contribution in [0, 0.1) is 5.82 Å². The van der Waals surface area contributed by atoms with Crippen molar-refractivity contribution >= 4 is 33.2 Å². The lowest BCUT2D eigenvalue weighted by molar-refractivity contribution is -0.132. The number of ether oxygens (including phenoxy) is 1. The summed E-state index contributed by atoms with van der Waals surface area (Å²) in [5, 5.41) is -0.0903. The molecule has 27 heavy (non-hydrogen) atoms. The lowest BCUT2D eigenvalue weighted by Gasteiger charge is -2.16. The molecular weight excluding hydrogens is 395 g/mol. The third-order valence-corrected chi connectivity index (χ3v) is 5.95. The molecule has 0 aromatic heterocycles. The first-order chi connectivity index (χ1) is 12.8. The zero-order chi connectivity index (χ0) is 19.4. The van der Waals surface area contributed by atoms with E-state index in [1.807, 2.05) is 0 Å². The third-order valence-electron chi connectivity index (χ3n) is 4.09. The molecule has 0 atom stereocenters. The molecular formula is C18H18ClFN2O4S. The molecule has 1 amide bonds. The Labute approximate surface area is 161 Å². The number of anilines is 1. The van der Waals surface area contributed by atoms with E-state index in [-0.39, 0.29) is 28.1 Å². The van der Waals surface area contributed by atoms with Gasteiger partial charge in [0.05, 0.1) is 10.7 Å². The lowest BCUT2D eigenvalue weighted by Crippen LogP contribution is -2.32. The first-order valence-electron chi connectivity index (χ1n) is 8.34. The van der Waals surface area contributed by atoms with Gasteiger partial charge in [-0.15, -0.1) is 0 Å². The Kier molecular flexibility index (Phi) is 5.86. The number of likely N-dealkylation sites (tertiary alicyclic amines) is 1. The second kappa shape index (κ2) is 8.14. The van der Waals surface area contributed by atoms with Crippen LogP contribution in [0.5, 0.6) is 5.75 Å². The van der Waals surface area contributed by atoms with Crippen LogP contribution in [-0.2, 0) is 14.8 Å². The highest BCUT2D eigenvalue weighted by atomic mass is 35.5. The molecule has 1 N–H and O–H groups in total. The average Bonchev–Trinajstić information content (AvgIpc) is 3.16. The van der Waals surface area contributed by atoms with E-state index in [4.69, 9.17) is 16.3 Å². The highest BCUT2D eigenvalue weighted by molar-refractivity contribution is 7.92. The lowest BCUT2D eigenvalue weighted by atomic mass is 10.3. The fourth-order valence-electron chi connectivity index (χ4n) is 2.75. The van der Waals surface area contributed by atoms with Gasteiger partial charge in [0, 0.05) is 19.2 Å². The number of carbonyl (C=O) groups excluding carboxylic acids is 1. The van der Waals surface area contributed by atoms with Crippen LogP contribution >= 0.6 is 11.6 Å². The van der Waals surface area contributed by atoms with E-state index < -0.39 is 15.8 Å². The molecule has 1 heterocycles. The fourth-order valence-corrected chi connectivity index (χ4v) is 4.31. The van der Waals surface area contributed by atoms with E-state index in [2.05, 4.69) is 4.72 Å². The van der Waals surface area contributed by atoms with Gasteiger partial charge >= 0.3 is 0 Å². The third kappa shape index (κ3) is 4.90. The quantitative estimate of drug-likeness (QED) is 0.790. The monoisotopic (exact) mass is 412 g/mol. The van der Waals surface area contributed by atoms with Gasteiger partial charge in [0.2, 0.25) is 0 Å².